The molecule has 1 aromatic rings. The van der Waals surface area contributed by atoms with Crippen LogP contribution in [0.25, 0.3) is 0 Å². The van der Waals surface area contributed by atoms with Gasteiger partial charge in [0.1, 0.15) is 6.61 Å². The van der Waals surface area contributed by atoms with Crippen molar-refractivity contribution in [2.24, 2.45) is 0 Å². The van der Waals surface area contributed by atoms with E-state index in [1.807, 2.05) is 0 Å². The number of carbonyl (C=O) groups excluding carboxylic acids is 1. The fourth-order valence-electron chi connectivity index (χ4n) is 1.39. The topological polar surface area (TPSA) is 35.5 Å². The maximum atomic E-state index is 12.4. The molecule has 0 bridgehead atoms. The normalized spacial score (nSPS) is 12.8. The molecule has 0 fully saturated rings. The molecule has 1 rings (SSSR count). The van der Waals surface area contributed by atoms with Crippen LogP contribution in [0.3, 0.4) is 0 Å². The number of esters is 1. The van der Waals surface area contributed by atoms with Gasteiger partial charge in [-0.1, -0.05) is 18.7 Å². The molecule has 0 aliphatic carbocycles. The lowest BCUT2D eigenvalue weighted by atomic mass is 10.1. The van der Waals surface area contributed by atoms with Gasteiger partial charge >= 0.3 is 12.1 Å². The van der Waals surface area contributed by atoms with Crippen LogP contribution in [0.2, 0.25) is 0 Å². The van der Waals surface area contributed by atoms with Gasteiger partial charge in [0.25, 0.3) is 0 Å². The Hall–Kier alpha value is -1.82. The minimum atomic E-state index is -4.34. The van der Waals surface area contributed by atoms with Crippen LogP contribution in [0.4, 0.5) is 13.2 Å². The van der Waals surface area contributed by atoms with Crippen molar-refractivity contribution in [3.63, 3.8) is 0 Å². The Morgan fingerprint density at radius 2 is 1.86 bits per heavy atom. The Morgan fingerprint density at radius 3 is 2.33 bits per heavy atom. The van der Waals surface area contributed by atoms with Crippen molar-refractivity contribution in [2.75, 3.05) is 6.61 Å². The molecule has 21 heavy (non-hydrogen) atoms. The van der Waals surface area contributed by atoms with E-state index in [2.05, 4.69) is 6.58 Å². The number of benzene rings is 1. The van der Waals surface area contributed by atoms with E-state index >= 15 is 0 Å². The van der Waals surface area contributed by atoms with Crippen LogP contribution in [0.15, 0.2) is 36.4 Å². The number of hydrogen-bond donors (Lipinski definition) is 0. The van der Waals surface area contributed by atoms with Gasteiger partial charge in [0.15, 0.2) is 0 Å². The molecule has 0 saturated carbocycles. The number of carbonyl (C=O) groups is 1. The third-order valence-electron chi connectivity index (χ3n) is 2.61. The van der Waals surface area contributed by atoms with Gasteiger partial charge < -0.3 is 9.47 Å². The van der Waals surface area contributed by atoms with Crippen LogP contribution in [0.1, 0.15) is 25.0 Å². The summed E-state index contributed by atoms with van der Waals surface area (Å²) in [5, 5.41) is 0. The van der Waals surface area contributed by atoms with Crippen molar-refractivity contribution in [1.29, 1.82) is 0 Å². The van der Waals surface area contributed by atoms with Crippen molar-refractivity contribution in [3.8, 4) is 0 Å². The molecule has 0 spiro atoms. The van der Waals surface area contributed by atoms with Gasteiger partial charge in [0.05, 0.1) is 18.3 Å². The molecule has 0 N–H and O–H groups in total. The molecule has 0 amide bonds. The lowest BCUT2D eigenvalue weighted by Gasteiger charge is -2.14. The van der Waals surface area contributed by atoms with Crippen molar-refractivity contribution < 1.29 is 27.4 Å². The van der Waals surface area contributed by atoms with Gasteiger partial charge in [-0.05, 0) is 31.5 Å². The molecular formula is C15H17F3O3. The number of halogens is 3. The van der Waals surface area contributed by atoms with Crippen LogP contribution < -0.4 is 0 Å². The zero-order valence-electron chi connectivity index (χ0n) is 11.9. The summed E-state index contributed by atoms with van der Waals surface area (Å²) in [6, 6.07) is 4.72. The average Bonchev–Trinajstić information content (AvgIpc) is 2.41. The SMILES string of the molecule is C=C(C)C(=O)OCC(C)OCc1ccc(C(F)(F)F)cc1. The Balaban J connectivity index is 2.41. The molecule has 0 aliphatic rings. The van der Waals surface area contributed by atoms with E-state index in [4.69, 9.17) is 9.47 Å². The van der Waals surface area contributed by atoms with E-state index in [9.17, 15) is 18.0 Å². The zero-order valence-corrected chi connectivity index (χ0v) is 11.9. The van der Waals surface area contributed by atoms with Crippen molar-refractivity contribution in [3.05, 3.63) is 47.5 Å². The van der Waals surface area contributed by atoms with Gasteiger partial charge in [-0.2, -0.15) is 13.2 Å². The van der Waals surface area contributed by atoms with Crippen LogP contribution in [-0.4, -0.2) is 18.7 Å². The van der Waals surface area contributed by atoms with E-state index in [-0.39, 0.29) is 19.3 Å². The quantitative estimate of drug-likeness (QED) is 0.593. The minimum Gasteiger partial charge on any atom is -0.460 e. The molecule has 3 nitrogen and oxygen atoms in total. The first-order chi connectivity index (χ1) is 9.70. The highest BCUT2D eigenvalue weighted by Gasteiger charge is 2.29. The maximum Gasteiger partial charge on any atom is 0.416 e. The van der Waals surface area contributed by atoms with Gasteiger partial charge in [-0.25, -0.2) is 4.79 Å². The molecule has 1 atom stereocenters. The molecule has 116 valence electrons. The van der Waals surface area contributed by atoms with E-state index in [1.54, 1.807) is 6.92 Å². The molecule has 0 radical (unpaired) electrons. The number of ether oxygens (including phenoxy) is 2. The van der Waals surface area contributed by atoms with Gasteiger partial charge in [-0.15, -0.1) is 0 Å². The molecule has 0 aliphatic heterocycles. The minimum absolute atomic E-state index is 0.0618. The summed E-state index contributed by atoms with van der Waals surface area (Å²) in [6.45, 7) is 6.89. The molecule has 1 aromatic carbocycles. The second-order valence-electron chi connectivity index (χ2n) is 4.70. The van der Waals surface area contributed by atoms with Crippen molar-refractivity contribution in [2.45, 2.75) is 32.7 Å². The molecule has 6 heteroatoms. The summed E-state index contributed by atoms with van der Waals surface area (Å²) in [4.78, 5) is 11.2. The standard InChI is InChI=1S/C15H17F3O3/c1-10(2)14(19)21-8-11(3)20-9-12-4-6-13(7-5-12)15(16,17)18/h4-7,11H,1,8-9H2,2-3H3. The first-order valence-corrected chi connectivity index (χ1v) is 6.30. The predicted octanol–water partition coefficient (Wildman–Crippen LogP) is 3.73. The lowest BCUT2D eigenvalue weighted by Crippen LogP contribution is -2.19. The van der Waals surface area contributed by atoms with E-state index < -0.39 is 17.7 Å². The largest absolute Gasteiger partial charge is 0.460 e. The number of hydrogen-bond acceptors (Lipinski definition) is 3. The molecule has 0 heterocycles. The van der Waals surface area contributed by atoms with E-state index in [1.165, 1.54) is 19.1 Å². The summed E-state index contributed by atoms with van der Waals surface area (Å²) < 4.78 is 47.5. The van der Waals surface area contributed by atoms with Crippen LogP contribution >= 0.6 is 0 Å². The highest BCUT2D eigenvalue weighted by molar-refractivity contribution is 5.86. The Labute approximate surface area is 121 Å². The zero-order chi connectivity index (χ0) is 16.0. The molecular weight excluding hydrogens is 285 g/mol. The van der Waals surface area contributed by atoms with Gasteiger partial charge in [0.2, 0.25) is 0 Å². The van der Waals surface area contributed by atoms with Crippen molar-refractivity contribution in [1.82, 2.24) is 0 Å². The van der Waals surface area contributed by atoms with Crippen LogP contribution in [0, 0.1) is 0 Å². The molecule has 0 saturated heterocycles. The third kappa shape index (κ3) is 5.99. The van der Waals surface area contributed by atoms with E-state index in [0.29, 0.717) is 11.1 Å². The highest BCUT2D eigenvalue weighted by Crippen LogP contribution is 2.29. The summed E-state index contributed by atoms with van der Waals surface area (Å²) in [7, 11) is 0. The van der Waals surface area contributed by atoms with Gasteiger partial charge in [-0.3, -0.25) is 0 Å². The third-order valence-corrected chi connectivity index (χ3v) is 2.61. The summed E-state index contributed by atoms with van der Waals surface area (Å²) in [6.07, 6.45) is -4.71. The Kier molecular flexibility index (Phi) is 5.96. The second kappa shape index (κ2) is 7.26. The number of alkyl halides is 3. The predicted molar refractivity (Wildman–Crippen MR) is 71.5 cm³/mol. The summed E-state index contributed by atoms with van der Waals surface area (Å²) >= 11 is 0. The smallest absolute Gasteiger partial charge is 0.416 e. The summed E-state index contributed by atoms with van der Waals surface area (Å²) in [5.41, 5.74) is 0.209. The average molecular weight is 302 g/mol. The first-order valence-electron chi connectivity index (χ1n) is 6.30. The number of rotatable bonds is 6. The van der Waals surface area contributed by atoms with Crippen molar-refractivity contribution >= 4 is 5.97 Å². The first kappa shape index (κ1) is 17.2. The fraction of sp³-hybridized carbons (Fsp3) is 0.400. The fourth-order valence-corrected chi connectivity index (χ4v) is 1.39. The Bertz CT molecular complexity index is 492. The second-order valence-corrected chi connectivity index (χ2v) is 4.70. The van der Waals surface area contributed by atoms with Gasteiger partial charge in [0, 0.05) is 5.57 Å². The molecule has 1 unspecified atom stereocenters. The Morgan fingerprint density at radius 1 is 1.29 bits per heavy atom. The maximum absolute atomic E-state index is 12.4. The lowest BCUT2D eigenvalue weighted by molar-refractivity contribution is -0.143. The van der Waals surface area contributed by atoms with E-state index in [0.717, 1.165) is 12.1 Å². The monoisotopic (exact) mass is 302 g/mol. The van der Waals surface area contributed by atoms with Crippen LogP contribution in [-0.2, 0) is 27.1 Å². The molecule has 0 aromatic heterocycles. The van der Waals surface area contributed by atoms with Crippen LogP contribution in [0.5, 0.6) is 0 Å². The highest BCUT2D eigenvalue weighted by atomic mass is 19.4. The summed E-state index contributed by atoms with van der Waals surface area (Å²) in [5.74, 6) is -0.500.